The van der Waals surface area contributed by atoms with Crippen LogP contribution in [0.2, 0.25) is 0 Å². The molecule has 0 aromatic heterocycles. The first-order valence-electron chi connectivity index (χ1n) is 7.50. The van der Waals surface area contributed by atoms with Gasteiger partial charge in [0.25, 0.3) is 5.91 Å². The maximum Gasteiger partial charge on any atom is 0.329 e. The van der Waals surface area contributed by atoms with Gasteiger partial charge in [-0.2, -0.15) is 0 Å². The number of hydrogen-bond donors (Lipinski definition) is 2. The van der Waals surface area contributed by atoms with Crippen molar-refractivity contribution in [2.75, 3.05) is 23.3 Å². The van der Waals surface area contributed by atoms with Gasteiger partial charge >= 0.3 is 6.03 Å². The van der Waals surface area contributed by atoms with E-state index in [0.29, 0.717) is 12.2 Å². The Morgan fingerprint density at radius 2 is 1.96 bits per heavy atom. The van der Waals surface area contributed by atoms with Crippen LogP contribution in [0.3, 0.4) is 0 Å². The monoisotopic (exact) mass is 325 g/mol. The molecule has 1 aliphatic heterocycles. The van der Waals surface area contributed by atoms with E-state index in [2.05, 4.69) is 10.6 Å². The van der Waals surface area contributed by atoms with Gasteiger partial charge < -0.3 is 10.6 Å². The molecule has 2 aromatic carbocycles. The molecule has 0 aliphatic carbocycles. The van der Waals surface area contributed by atoms with E-state index in [1.807, 2.05) is 18.2 Å². The first-order valence-corrected chi connectivity index (χ1v) is 7.50. The normalized spacial score (nSPS) is 14.3. The fraction of sp³-hybridized carbons (Fsp3) is 0.111. The summed E-state index contributed by atoms with van der Waals surface area (Å²) in [5, 5.41) is 5.68. The van der Waals surface area contributed by atoms with Crippen LogP contribution in [0.15, 0.2) is 54.6 Å². The molecule has 1 fully saturated rings. The van der Waals surface area contributed by atoms with E-state index in [1.165, 1.54) is 12.1 Å². The lowest BCUT2D eigenvalue weighted by molar-refractivity contribution is -0.115. The molecule has 1 aliphatic rings. The Morgan fingerprint density at radius 3 is 2.67 bits per heavy atom. The number of nitrogens with one attached hydrogen (secondary N) is 2. The van der Waals surface area contributed by atoms with E-state index in [-0.39, 0.29) is 18.3 Å². The van der Waals surface area contributed by atoms with Gasteiger partial charge in [0, 0.05) is 12.2 Å². The van der Waals surface area contributed by atoms with Gasteiger partial charge in [-0.1, -0.05) is 30.4 Å². The highest BCUT2D eigenvalue weighted by Gasteiger charge is 2.29. The molecule has 6 heteroatoms. The Balaban J connectivity index is 1.62. The summed E-state index contributed by atoms with van der Waals surface area (Å²) < 4.78 is 12.8. The number of imide groups is 1. The van der Waals surface area contributed by atoms with Gasteiger partial charge in [0.15, 0.2) is 0 Å². The number of halogens is 1. The summed E-state index contributed by atoms with van der Waals surface area (Å²) in [6.07, 6.45) is 3.79. The maximum absolute atomic E-state index is 12.8. The fourth-order valence-electron chi connectivity index (χ4n) is 2.38. The van der Waals surface area contributed by atoms with Crippen molar-refractivity contribution in [2.24, 2.45) is 0 Å². The van der Waals surface area contributed by atoms with Gasteiger partial charge in [0.1, 0.15) is 5.82 Å². The van der Waals surface area contributed by atoms with Crippen molar-refractivity contribution in [3.8, 4) is 0 Å². The minimum atomic E-state index is -0.409. The predicted octanol–water partition coefficient (Wildman–Crippen LogP) is 3.01. The molecule has 5 nitrogen and oxygen atoms in total. The molecule has 2 aromatic rings. The topological polar surface area (TPSA) is 61.4 Å². The Morgan fingerprint density at radius 1 is 1.17 bits per heavy atom. The molecule has 24 heavy (non-hydrogen) atoms. The van der Waals surface area contributed by atoms with Gasteiger partial charge in [0.05, 0.1) is 12.2 Å². The van der Waals surface area contributed by atoms with E-state index in [9.17, 15) is 14.0 Å². The van der Waals surface area contributed by atoms with Crippen molar-refractivity contribution in [2.45, 2.75) is 0 Å². The van der Waals surface area contributed by atoms with Gasteiger partial charge in [-0.3, -0.25) is 4.79 Å². The number of benzene rings is 2. The smallest absolute Gasteiger partial charge is 0.329 e. The zero-order valence-electron chi connectivity index (χ0n) is 12.8. The Labute approximate surface area is 138 Å². The van der Waals surface area contributed by atoms with Crippen LogP contribution in [0.4, 0.5) is 20.6 Å². The minimum absolute atomic E-state index is 0.0247. The third kappa shape index (κ3) is 3.60. The number of amides is 3. The van der Waals surface area contributed by atoms with Crippen LogP contribution < -0.4 is 15.5 Å². The first-order chi connectivity index (χ1) is 11.6. The molecule has 122 valence electrons. The molecule has 0 unspecified atom stereocenters. The number of carbonyl (C=O) groups excluding carboxylic acids is 2. The maximum atomic E-state index is 12.8. The van der Waals surface area contributed by atoms with Gasteiger partial charge in [-0.25, -0.2) is 14.1 Å². The number of hydrogen-bond acceptors (Lipinski definition) is 3. The van der Waals surface area contributed by atoms with Crippen molar-refractivity contribution in [1.82, 2.24) is 5.32 Å². The molecular formula is C18H16FN3O2. The van der Waals surface area contributed by atoms with Gasteiger partial charge in [0.2, 0.25) is 0 Å². The highest BCUT2D eigenvalue weighted by molar-refractivity contribution is 6.19. The van der Waals surface area contributed by atoms with E-state index in [0.717, 1.165) is 16.2 Å². The van der Waals surface area contributed by atoms with Crippen molar-refractivity contribution in [3.63, 3.8) is 0 Å². The summed E-state index contributed by atoms with van der Waals surface area (Å²) in [5.41, 5.74) is 2.23. The van der Waals surface area contributed by atoms with Gasteiger partial charge in [-0.15, -0.1) is 0 Å². The second-order valence-corrected chi connectivity index (χ2v) is 5.27. The summed E-state index contributed by atoms with van der Waals surface area (Å²) in [4.78, 5) is 24.5. The summed E-state index contributed by atoms with van der Waals surface area (Å²) in [5.74, 6) is -0.532. The Hall–Kier alpha value is -3.15. The molecule has 0 saturated carbocycles. The molecule has 0 spiro atoms. The zero-order chi connectivity index (χ0) is 16.9. The lowest BCUT2D eigenvalue weighted by Crippen LogP contribution is -2.30. The third-order valence-corrected chi connectivity index (χ3v) is 3.55. The molecule has 0 atom stereocenters. The predicted molar refractivity (Wildman–Crippen MR) is 91.3 cm³/mol. The zero-order valence-corrected chi connectivity index (χ0v) is 12.8. The van der Waals surface area contributed by atoms with Crippen molar-refractivity contribution >= 4 is 29.4 Å². The number of urea groups is 1. The van der Waals surface area contributed by atoms with E-state index < -0.39 is 6.03 Å². The average molecular weight is 325 g/mol. The standard InChI is InChI=1S/C18H16FN3O2/c19-14-8-6-13(7-9-14)3-2-10-20-15-4-1-5-16(11-15)22-17(23)12-21-18(22)24/h1-9,11,20H,10,12H2,(H,21,24)/b3-2+. The average Bonchev–Trinajstić information content (AvgIpc) is 2.92. The van der Waals surface area contributed by atoms with Crippen LogP contribution in [0.25, 0.3) is 6.08 Å². The summed E-state index contributed by atoms with van der Waals surface area (Å²) in [7, 11) is 0. The second kappa shape index (κ2) is 6.95. The first kappa shape index (κ1) is 15.7. The molecular weight excluding hydrogens is 309 g/mol. The summed E-state index contributed by atoms with van der Waals surface area (Å²) in [6, 6.07) is 12.9. The highest BCUT2D eigenvalue weighted by atomic mass is 19.1. The Bertz CT molecular complexity index is 771. The van der Waals surface area contributed by atoms with Crippen LogP contribution in [0, 0.1) is 5.82 Å². The molecule has 1 saturated heterocycles. The van der Waals surface area contributed by atoms with Crippen LogP contribution in [0.1, 0.15) is 5.56 Å². The molecule has 0 radical (unpaired) electrons. The van der Waals surface area contributed by atoms with E-state index >= 15 is 0 Å². The van der Waals surface area contributed by atoms with Crippen molar-refractivity contribution < 1.29 is 14.0 Å². The van der Waals surface area contributed by atoms with Crippen molar-refractivity contribution in [3.05, 3.63) is 66.0 Å². The van der Waals surface area contributed by atoms with E-state index in [4.69, 9.17) is 0 Å². The molecule has 0 bridgehead atoms. The summed E-state index contributed by atoms with van der Waals surface area (Å²) >= 11 is 0. The lowest BCUT2D eigenvalue weighted by atomic mass is 10.2. The molecule has 3 amide bonds. The second-order valence-electron chi connectivity index (χ2n) is 5.27. The van der Waals surface area contributed by atoms with Crippen LogP contribution in [-0.2, 0) is 4.79 Å². The summed E-state index contributed by atoms with van der Waals surface area (Å²) in [6.45, 7) is 0.581. The number of carbonyl (C=O) groups is 2. The van der Waals surface area contributed by atoms with Crippen LogP contribution in [0.5, 0.6) is 0 Å². The van der Waals surface area contributed by atoms with Crippen LogP contribution in [-0.4, -0.2) is 25.0 Å². The number of anilines is 2. The fourth-order valence-corrected chi connectivity index (χ4v) is 2.38. The molecule has 3 rings (SSSR count). The SMILES string of the molecule is O=C1CNC(=O)N1c1cccc(NC/C=C/c2ccc(F)cc2)c1. The van der Waals surface area contributed by atoms with Crippen LogP contribution >= 0.6 is 0 Å². The van der Waals surface area contributed by atoms with Gasteiger partial charge in [-0.05, 0) is 35.9 Å². The quantitative estimate of drug-likeness (QED) is 0.831. The minimum Gasteiger partial charge on any atom is -0.382 e. The van der Waals surface area contributed by atoms with Crippen molar-refractivity contribution in [1.29, 1.82) is 0 Å². The highest BCUT2D eigenvalue weighted by Crippen LogP contribution is 2.21. The number of rotatable bonds is 5. The van der Waals surface area contributed by atoms with E-state index in [1.54, 1.807) is 30.3 Å². The molecule has 1 heterocycles. The Kier molecular flexibility index (Phi) is 4.56. The third-order valence-electron chi connectivity index (χ3n) is 3.55. The lowest BCUT2D eigenvalue weighted by Gasteiger charge is -2.14. The number of nitrogens with zero attached hydrogens (tertiary/aromatic N) is 1. The largest absolute Gasteiger partial charge is 0.382 e. The molecule has 2 N–H and O–H groups in total.